The monoisotopic (exact) mass is 280 g/mol. The van der Waals surface area contributed by atoms with Gasteiger partial charge in [-0.3, -0.25) is 0 Å². The summed E-state index contributed by atoms with van der Waals surface area (Å²) < 4.78 is 5.62. The third-order valence-electron chi connectivity index (χ3n) is 2.22. The molecule has 0 aliphatic carbocycles. The number of aromatic nitrogens is 4. The first-order chi connectivity index (χ1) is 8.72. The highest BCUT2D eigenvalue weighted by Gasteiger charge is 2.13. The van der Waals surface area contributed by atoms with Crippen molar-refractivity contribution in [1.29, 1.82) is 0 Å². The van der Waals surface area contributed by atoms with Crippen molar-refractivity contribution in [3.8, 4) is 11.6 Å². The number of hydrogen-bond acceptors (Lipinski definition) is 4. The van der Waals surface area contributed by atoms with Crippen molar-refractivity contribution in [2.45, 2.75) is 0 Å². The standard InChI is InChI=1S/C11H6Cl2N4O/c12-10-14-7-8(15-10)16-11(13)17-9(7)18-6-4-2-1-3-5-6/h1-5H,(H,14,15,16,17). The molecule has 5 nitrogen and oxygen atoms in total. The third-order valence-corrected chi connectivity index (χ3v) is 2.57. The van der Waals surface area contributed by atoms with Crippen LogP contribution in [0.1, 0.15) is 0 Å². The SMILES string of the molecule is Clc1nc(Oc2ccccc2)c2[nH]c(Cl)nc2n1. The second-order valence-electron chi connectivity index (χ2n) is 3.44. The molecule has 0 aliphatic heterocycles. The first-order valence-electron chi connectivity index (χ1n) is 5.04. The zero-order chi connectivity index (χ0) is 12.5. The predicted octanol–water partition coefficient (Wildman–Crippen LogP) is 3.45. The van der Waals surface area contributed by atoms with E-state index in [9.17, 15) is 0 Å². The van der Waals surface area contributed by atoms with Gasteiger partial charge in [0.25, 0.3) is 0 Å². The number of imidazole rings is 1. The Morgan fingerprint density at radius 2 is 1.78 bits per heavy atom. The Kier molecular flexibility index (Phi) is 2.77. The molecule has 18 heavy (non-hydrogen) atoms. The van der Waals surface area contributed by atoms with Crippen LogP contribution in [0.15, 0.2) is 30.3 Å². The Bertz CT molecular complexity index is 699. The van der Waals surface area contributed by atoms with Crippen LogP contribution in [0.25, 0.3) is 11.2 Å². The minimum Gasteiger partial charge on any atom is -0.437 e. The lowest BCUT2D eigenvalue weighted by Crippen LogP contribution is -1.92. The van der Waals surface area contributed by atoms with Crippen LogP contribution in [0.5, 0.6) is 11.6 Å². The molecule has 0 aliphatic rings. The molecule has 0 atom stereocenters. The molecule has 0 spiro atoms. The summed E-state index contributed by atoms with van der Waals surface area (Å²) >= 11 is 11.6. The van der Waals surface area contributed by atoms with E-state index in [1.54, 1.807) is 12.1 Å². The van der Waals surface area contributed by atoms with Crippen LogP contribution in [0.2, 0.25) is 10.6 Å². The lowest BCUT2D eigenvalue weighted by Gasteiger charge is -2.04. The first kappa shape index (κ1) is 11.3. The number of rotatable bonds is 2. The van der Waals surface area contributed by atoms with Crippen molar-refractivity contribution < 1.29 is 4.74 Å². The average Bonchev–Trinajstić information content (AvgIpc) is 2.71. The van der Waals surface area contributed by atoms with E-state index in [0.717, 1.165) is 0 Å². The van der Waals surface area contributed by atoms with Crippen molar-refractivity contribution in [3.05, 3.63) is 40.9 Å². The van der Waals surface area contributed by atoms with Gasteiger partial charge in [0.05, 0.1) is 0 Å². The molecule has 1 aromatic carbocycles. The predicted molar refractivity (Wildman–Crippen MR) is 68.2 cm³/mol. The van der Waals surface area contributed by atoms with Gasteiger partial charge in [0.15, 0.2) is 5.65 Å². The number of nitrogens with one attached hydrogen (secondary N) is 1. The van der Waals surface area contributed by atoms with Crippen molar-refractivity contribution in [2.75, 3.05) is 0 Å². The fraction of sp³-hybridized carbons (Fsp3) is 0. The molecule has 0 radical (unpaired) electrons. The fourth-order valence-corrected chi connectivity index (χ4v) is 1.82. The van der Waals surface area contributed by atoms with Crippen molar-refractivity contribution in [1.82, 2.24) is 19.9 Å². The number of fused-ring (bicyclic) bond motifs is 1. The van der Waals surface area contributed by atoms with Crippen LogP contribution in [0, 0.1) is 0 Å². The Labute approximate surface area is 112 Å². The van der Waals surface area contributed by atoms with E-state index in [1.165, 1.54) is 0 Å². The first-order valence-corrected chi connectivity index (χ1v) is 5.79. The Morgan fingerprint density at radius 3 is 2.56 bits per heavy atom. The summed E-state index contributed by atoms with van der Waals surface area (Å²) in [7, 11) is 0. The van der Waals surface area contributed by atoms with Gasteiger partial charge in [0.1, 0.15) is 11.3 Å². The van der Waals surface area contributed by atoms with Crippen LogP contribution in [0.3, 0.4) is 0 Å². The normalized spacial score (nSPS) is 10.8. The van der Waals surface area contributed by atoms with Gasteiger partial charge >= 0.3 is 0 Å². The zero-order valence-corrected chi connectivity index (χ0v) is 10.4. The summed E-state index contributed by atoms with van der Waals surface area (Å²) in [6.45, 7) is 0. The van der Waals surface area contributed by atoms with Crippen LogP contribution < -0.4 is 4.74 Å². The van der Waals surface area contributed by atoms with Gasteiger partial charge in [0.2, 0.25) is 16.4 Å². The van der Waals surface area contributed by atoms with E-state index in [0.29, 0.717) is 16.9 Å². The highest BCUT2D eigenvalue weighted by molar-refractivity contribution is 6.29. The summed E-state index contributed by atoms with van der Waals surface area (Å²) in [5.74, 6) is 0.926. The molecular weight excluding hydrogens is 275 g/mol. The maximum Gasteiger partial charge on any atom is 0.250 e. The van der Waals surface area contributed by atoms with Gasteiger partial charge in [-0.25, -0.2) is 0 Å². The molecule has 0 fully saturated rings. The Balaban J connectivity index is 2.10. The topological polar surface area (TPSA) is 63.7 Å². The number of ether oxygens (including phenoxy) is 1. The number of para-hydroxylation sites is 1. The highest BCUT2D eigenvalue weighted by atomic mass is 35.5. The van der Waals surface area contributed by atoms with Crippen molar-refractivity contribution >= 4 is 34.4 Å². The summed E-state index contributed by atoms with van der Waals surface area (Å²) in [6.07, 6.45) is 0. The minimum atomic E-state index is 0.0524. The lowest BCUT2D eigenvalue weighted by atomic mass is 10.3. The number of aromatic amines is 1. The number of H-pyrrole nitrogens is 1. The molecule has 0 amide bonds. The van der Waals surface area contributed by atoms with Crippen LogP contribution in [0.4, 0.5) is 0 Å². The number of halogens is 2. The van der Waals surface area contributed by atoms with E-state index in [1.807, 2.05) is 18.2 Å². The largest absolute Gasteiger partial charge is 0.437 e. The molecule has 0 saturated carbocycles. The van der Waals surface area contributed by atoms with Crippen LogP contribution in [-0.4, -0.2) is 19.9 Å². The molecular formula is C11H6Cl2N4O. The summed E-state index contributed by atoms with van der Waals surface area (Å²) in [6, 6.07) is 9.21. The summed E-state index contributed by atoms with van der Waals surface area (Å²) in [5, 5.41) is 0.260. The van der Waals surface area contributed by atoms with E-state index in [-0.39, 0.29) is 16.4 Å². The smallest absolute Gasteiger partial charge is 0.250 e. The molecule has 1 N–H and O–H groups in total. The van der Waals surface area contributed by atoms with Gasteiger partial charge in [0, 0.05) is 0 Å². The quantitative estimate of drug-likeness (QED) is 0.577. The van der Waals surface area contributed by atoms with Crippen LogP contribution in [-0.2, 0) is 0 Å². The lowest BCUT2D eigenvalue weighted by molar-refractivity contribution is 0.467. The van der Waals surface area contributed by atoms with Crippen molar-refractivity contribution in [2.24, 2.45) is 0 Å². The Hall–Kier alpha value is -1.85. The van der Waals surface area contributed by atoms with Gasteiger partial charge in [-0.05, 0) is 35.3 Å². The third kappa shape index (κ3) is 2.10. The van der Waals surface area contributed by atoms with Gasteiger partial charge in [-0.15, -0.1) is 0 Å². The van der Waals surface area contributed by atoms with Gasteiger partial charge in [-0.1, -0.05) is 18.2 Å². The number of nitrogens with zero attached hydrogens (tertiary/aromatic N) is 3. The number of hydrogen-bond donors (Lipinski definition) is 1. The molecule has 2 aromatic heterocycles. The molecule has 3 rings (SSSR count). The summed E-state index contributed by atoms with van der Waals surface area (Å²) in [4.78, 5) is 14.7. The minimum absolute atomic E-state index is 0.0524. The van der Waals surface area contributed by atoms with E-state index < -0.39 is 0 Å². The van der Waals surface area contributed by atoms with Crippen molar-refractivity contribution in [3.63, 3.8) is 0 Å². The van der Waals surface area contributed by atoms with E-state index >= 15 is 0 Å². The summed E-state index contributed by atoms with van der Waals surface area (Å²) in [5.41, 5.74) is 0.874. The fourth-order valence-electron chi connectivity index (χ4n) is 1.49. The highest BCUT2D eigenvalue weighted by Crippen LogP contribution is 2.27. The second kappa shape index (κ2) is 4.44. The maximum atomic E-state index is 5.80. The van der Waals surface area contributed by atoms with Gasteiger partial charge in [-0.2, -0.15) is 15.0 Å². The molecule has 0 unspecified atom stereocenters. The molecule has 0 saturated heterocycles. The second-order valence-corrected chi connectivity index (χ2v) is 4.14. The maximum absolute atomic E-state index is 5.80. The molecule has 0 bridgehead atoms. The molecule has 7 heteroatoms. The number of benzene rings is 1. The molecule has 2 heterocycles. The zero-order valence-electron chi connectivity index (χ0n) is 8.89. The van der Waals surface area contributed by atoms with Gasteiger partial charge < -0.3 is 9.72 Å². The van der Waals surface area contributed by atoms with E-state index in [2.05, 4.69) is 19.9 Å². The van der Waals surface area contributed by atoms with E-state index in [4.69, 9.17) is 27.9 Å². The Morgan fingerprint density at radius 1 is 1.00 bits per heavy atom. The average molecular weight is 281 g/mol. The molecule has 90 valence electrons. The molecule has 3 aromatic rings. The van der Waals surface area contributed by atoms with Crippen LogP contribution >= 0.6 is 23.2 Å².